The molecule has 0 N–H and O–H groups in total. The van der Waals surface area contributed by atoms with E-state index in [0.29, 0.717) is 56.2 Å². The zero-order chi connectivity index (χ0) is 34.9. The van der Waals surface area contributed by atoms with Gasteiger partial charge in [-0.3, -0.25) is 9.59 Å². The highest BCUT2D eigenvalue weighted by molar-refractivity contribution is 7.98. The molecule has 0 spiro atoms. The summed E-state index contributed by atoms with van der Waals surface area (Å²) in [4.78, 5) is 52.0. The number of hydrogen-bond donors (Lipinski definition) is 0. The van der Waals surface area contributed by atoms with E-state index in [1.807, 2.05) is 61.6 Å². The lowest BCUT2D eigenvalue weighted by Gasteiger charge is -2.38. The number of likely N-dealkylation sites (tertiary alicyclic amines) is 1. The highest BCUT2D eigenvalue weighted by atomic mass is 32.2. The minimum atomic E-state index is -0.946. The molecule has 264 valence electrons. The molecule has 2 saturated heterocycles. The fraction of sp³-hybridized carbons (Fsp3) is 0.771. The van der Waals surface area contributed by atoms with Crippen molar-refractivity contribution in [1.82, 2.24) is 24.6 Å². The second-order valence-electron chi connectivity index (χ2n) is 12.9. The Morgan fingerprint density at radius 1 is 1.04 bits per heavy atom. The van der Waals surface area contributed by atoms with E-state index < -0.39 is 23.2 Å². The maximum atomic E-state index is 14.0. The number of ether oxygens (including phenoxy) is 3. The number of nitrogens with zero attached hydrogens (tertiary/aromatic N) is 5. The summed E-state index contributed by atoms with van der Waals surface area (Å²) in [7, 11) is 0. The zero-order valence-corrected chi connectivity index (χ0v) is 31.1. The quantitative estimate of drug-likeness (QED) is 0.115. The Labute approximate surface area is 285 Å². The lowest BCUT2D eigenvalue weighted by Crippen LogP contribution is -2.49. The molecule has 5 rings (SSSR count). The number of aryl methyl sites for hydroxylation is 1. The second-order valence-corrected chi connectivity index (χ2v) is 13.7. The largest absolute Gasteiger partial charge is 0.444 e. The molecule has 3 fully saturated rings. The van der Waals surface area contributed by atoms with Gasteiger partial charge < -0.3 is 19.1 Å². The molecule has 0 radical (unpaired) electrons. The molecular weight excluding hydrogens is 618 g/mol. The third-order valence-electron chi connectivity index (χ3n) is 8.71. The number of amides is 1. The predicted octanol–water partition coefficient (Wildman–Crippen LogP) is 7.41. The van der Waals surface area contributed by atoms with Gasteiger partial charge in [-0.1, -0.05) is 47.5 Å². The number of thioether (sulfide) groups is 1. The summed E-state index contributed by atoms with van der Waals surface area (Å²) < 4.78 is 19.6. The minimum absolute atomic E-state index is 0.0308. The van der Waals surface area contributed by atoms with E-state index in [9.17, 15) is 14.4 Å². The molecular formula is C35H57N5O6S. The van der Waals surface area contributed by atoms with Gasteiger partial charge in [0.15, 0.2) is 23.0 Å². The zero-order valence-electron chi connectivity index (χ0n) is 30.3. The third kappa shape index (κ3) is 8.73. The monoisotopic (exact) mass is 675 g/mol. The van der Waals surface area contributed by atoms with Crippen LogP contribution in [0.2, 0.25) is 0 Å². The molecule has 2 aromatic rings. The number of hydrogen-bond acceptors (Lipinski definition) is 10. The fourth-order valence-corrected chi connectivity index (χ4v) is 7.32. The van der Waals surface area contributed by atoms with Crippen molar-refractivity contribution in [3.63, 3.8) is 0 Å². The van der Waals surface area contributed by atoms with Crippen LogP contribution in [-0.2, 0) is 25.5 Å². The van der Waals surface area contributed by atoms with Crippen LogP contribution in [0.1, 0.15) is 123 Å². The summed E-state index contributed by atoms with van der Waals surface area (Å²) in [6, 6.07) is -0.115. The van der Waals surface area contributed by atoms with Gasteiger partial charge in [0, 0.05) is 13.0 Å². The van der Waals surface area contributed by atoms with Crippen LogP contribution in [0, 0.1) is 18.8 Å². The highest BCUT2D eigenvalue weighted by Crippen LogP contribution is 2.42. The smallest absolute Gasteiger partial charge is 0.410 e. The van der Waals surface area contributed by atoms with Crippen LogP contribution in [0.3, 0.4) is 0 Å². The van der Waals surface area contributed by atoms with Crippen LogP contribution in [0.5, 0.6) is 0 Å². The standard InChI is InChI=1S/C31H45N5O6S.2C2H6/c1-7-8-14-31(40-16-17-41-31)22-13-9-12-21(24(22)37)25(38)26-32-27-23(28(33-26)43-6)19(2)34-36(27)18-20-11-10-15-35(20)29(39)42-30(3,4)5;2*1-2/h20-22H,7-18H2,1-6H3;2*1-2H3. The first-order valence-electron chi connectivity index (χ1n) is 17.6. The average Bonchev–Trinajstić information content (AvgIpc) is 3.81. The molecule has 0 aromatic carbocycles. The number of rotatable bonds is 9. The van der Waals surface area contributed by atoms with Crippen LogP contribution in [-0.4, -0.2) is 85.8 Å². The van der Waals surface area contributed by atoms with Crippen molar-refractivity contribution in [3.8, 4) is 0 Å². The number of Topliss-reactive ketones (excluding diaryl/α,β-unsaturated/α-hetero) is 2. The molecule has 4 heterocycles. The van der Waals surface area contributed by atoms with Crippen molar-refractivity contribution in [2.24, 2.45) is 11.8 Å². The summed E-state index contributed by atoms with van der Waals surface area (Å²) >= 11 is 1.42. The molecule has 2 aromatic heterocycles. The lowest BCUT2D eigenvalue weighted by molar-refractivity contribution is -0.206. The fourth-order valence-electron chi connectivity index (χ4n) is 6.70. The summed E-state index contributed by atoms with van der Waals surface area (Å²) in [6.45, 7) is 19.5. The Morgan fingerprint density at radius 3 is 2.34 bits per heavy atom. The Bertz CT molecular complexity index is 1370. The van der Waals surface area contributed by atoms with Gasteiger partial charge in [0.1, 0.15) is 10.6 Å². The topological polar surface area (TPSA) is 126 Å². The Kier molecular flexibility index (Phi) is 14.2. The maximum absolute atomic E-state index is 14.0. The van der Waals surface area contributed by atoms with Gasteiger partial charge >= 0.3 is 6.09 Å². The number of unbranched alkanes of at least 4 members (excludes halogenated alkanes) is 1. The van der Waals surface area contributed by atoms with Crippen LogP contribution < -0.4 is 0 Å². The first-order chi connectivity index (χ1) is 22.5. The van der Waals surface area contributed by atoms with E-state index in [2.05, 4.69) is 11.9 Å². The van der Waals surface area contributed by atoms with Crippen molar-refractivity contribution < 1.29 is 28.6 Å². The van der Waals surface area contributed by atoms with E-state index in [4.69, 9.17) is 24.3 Å². The van der Waals surface area contributed by atoms with Gasteiger partial charge in [0.2, 0.25) is 5.78 Å². The number of fused-ring (bicyclic) bond motifs is 1. The van der Waals surface area contributed by atoms with Crippen molar-refractivity contribution >= 4 is 40.5 Å². The molecule has 11 nitrogen and oxygen atoms in total. The Balaban J connectivity index is 0.00000144. The molecule has 2 aliphatic heterocycles. The molecule has 1 amide bonds. The van der Waals surface area contributed by atoms with Crippen LogP contribution in [0.25, 0.3) is 11.0 Å². The molecule has 47 heavy (non-hydrogen) atoms. The molecule has 12 heteroatoms. The van der Waals surface area contributed by atoms with E-state index in [1.165, 1.54) is 11.8 Å². The molecule has 3 aliphatic rings. The third-order valence-corrected chi connectivity index (χ3v) is 9.39. The van der Waals surface area contributed by atoms with Gasteiger partial charge in [-0.25, -0.2) is 19.4 Å². The number of carbonyl (C=O) groups is 3. The van der Waals surface area contributed by atoms with Gasteiger partial charge in [0.05, 0.1) is 48.7 Å². The summed E-state index contributed by atoms with van der Waals surface area (Å²) in [5, 5.41) is 6.20. The molecule has 3 atom stereocenters. The average molecular weight is 676 g/mol. The van der Waals surface area contributed by atoms with Crippen molar-refractivity contribution in [3.05, 3.63) is 11.5 Å². The Morgan fingerprint density at radius 2 is 1.72 bits per heavy atom. The SMILES string of the molecule is CC.CC.CCCCC1(C2CCCC(C(=O)c3nc(SC)c4c(C)nn(CC5CCCN5C(=O)OC(C)(C)C)c4n3)C2=O)OCCO1. The molecule has 0 bridgehead atoms. The van der Waals surface area contributed by atoms with Crippen molar-refractivity contribution in [2.45, 2.75) is 143 Å². The summed E-state index contributed by atoms with van der Waals surface area (Å²) in [5.41, 5.74) is 0.705. The number of aromatic nitrogens is 4. The first kappa shape index (κ1) is 38.9. The molecule has 3 unspecified atom stereocenters. The minimum Gasteiger partial charge on any atom is -0.444 e. The van der Waals surface area contributed by atoms with E-state index in [1.54, 1.807) is 9.58 Å². The van der Waals surface area contributed by atoms with Crippen LogP contribution in [0.15, 0.2) is 5.03 Å². The number of carbonyl (C=O) groups excluding carboxylic acids is 3. The maximum Gasteiger partial charge on any atom is 0.410 e. The van der Waals surface area contributed by atoms with Gasteiger partial charge in [-0.05, 0) is 66.1 Å². The Hall–Kier alpha value is -2.57. The summed E-state index contributed by atoms with van der Waals surface area (Å²) in [5.74, 6) is -2.74. The normalized spacial score (nSPS) is 22.4. The molecule has 1 aliphatic carbocycles. The predicted molar refractivity (Wildman–Crippen MR) is 185 cm³/mol. The van der Waals surface area contributed by atoms with E-state index in [0.717, 1.165) is 43.2 Å². The second kappa shape index (κ2) is 17.2. The van der Waals surface area contributed by atoms with Gasteiger partial charge in [0.25, 0.3) is 0 Å². The molecule has 1 saturated carbocycles. The van der Waals surface area contributed by atoms with E-state index >= 15 is 0 Å². The van der Waals surface area contributed by atoms with Crippen molar-refractivity contribution in [2.75, 3.05) is 26.0 Å². The first-order valence-corrected chi connectivity index (χ1v) is 18.8. The van der Waals surface area contributed by atoms with Crippen molar-refractivity contribution in [1.29, 1.82) is 0 Å². The number of ketones is 2. The van der Waals surface area contributed by atoms with Gasteiger partial charge in [-0.15, -0.1) is 11.8 Å². The van der Waals surface area contributed by atoms with Crippen LogP contribution in [0.4, 0.5) is 4.79 Å². The van der Waals surface area contributed by atoms with E-state index in [-0.39, 0.29) is 29.5 Å². The summed E-state index contributed by atoms with van der Waals surface area (Å²) in [6.07, 6.45) is 7.57. The highest BCUT2D eigenvalue weighted by Gasteiger charge is 2.51. The van der Waals surface area contributed by atoms with Gasteiger partial charge in [-0.2, -0.15) is 5.10 Å². The lowest BCUT2D eigenvalue weighted by atomic mass is 9.73. The van der Waals surface area contributed by atoms with Crippen LogP contribution >= 0.6 is 11.8 Å².